The van der Waals surface area contributed by atoms with Crippen molar-refractivity contribution in [1.82, 2.24) is 5.32 Å². The smallest absolute Gasteiger partial charge is 0.342 e. The molecule has 0 saturated carbocycles. The molecule has 198 valence electrons. The molecule has 0 spiro atoms. The summed E-state index contributed by atoms with van der Waals surface area (Å²) in [7, 11) is 1.38. The Morgan fingerprint density at radius 2 is 2.05 bits per heavy atom. The molecule has 0 radical (unpaired) electrons. The Balaban J connectivity index is 2.25. The second-order valence-corrected chi connectivity index (χ2v) is 8.16. The second kappa shape index (κ2) is 15.0. The Labute approximate surface area is 215 Å². The third-order valence-corrected chi connectivity index (χ3v) is 5.24. The number of aliphatic hydroxyl groups is 1. The van der Waals surface area contributed by atoms with Crippen molar-refractivity contribution in [2.24, 2.45) is 5.16 Å². The first-order chi connectivity index (χ1) is 17.7. The zero-order valence-corrected chi connectivity index (χ0v) is 21.0. The molecule has 10 nitrogen and oxygen atoms in total. The number of carbonyl (C=O) groups is 3. The zero-order valence-electron chi connectivity index (χ0n) is 21.0. The summed E-state index contributed by atoms with van der Waals surface area (Å²) in [5.74, 6) is -2.12. The number of fused-ring (bicyclic) bond motifs is 1. The van der Waals surface area contributed by atoms with E-state index in [1.165, 1.54) is 49.9 Å². The number of aromatic hydroxyl groups is 1. The summed E-state index contributed by atoms with van der Waals surface area (Å²) in [6.07, 6.45) is 9.26. The number of cyclic esters (lactones) is 2. The number of ether oxygens (including phenoxy) is 2. The average molecular weight is 513 g/mol. The maximum absolute atomic E-state index is 13.1. The number of esters is 2. The number of nitrogens with one attached hydrogen (secondary N) is 1. The number of phenolic OH excluding ortho intramolecular Hbond substituents is 1. The van der Waals surface area contributed by atoms with Crippen molar-refractivity contribution in [3.63, 3.8) is 0 Å². The van der Waals surface area contributed by atoms with Crippen LogP contribution in [0.2, 0.25) is 0 Å². The molecule has 1 amide bonds. The first-order valence-electron chi connectivity index (χ1n) is 11.6. The summed E-state index contributed by atoms with van der Waals surface area (Å²) in [5, 5.41) is 26.7. The van der Waals surface area contributed by atoms with E-state index in [1.54, 1.807) is 38.1 Å². The van der Waals surface area contributed by atoms with E-state index in [-0.39, 0.29) is 30.6 Å². The molecule has 37 heavy (non-hydrogen) atoms. The third kappa shape index (κ3) is 10.1. The van der Waals surface area contributed by atoms with Gasteiger partial charge in [0.05, 0.1) is 18.7 Å². The third-order valence-electron chi connectivity index (χ3n) is 5.24. The van der Waals surface area contributed by atoms with Crippen LogP contribution in [0.1, 0.15) is 42.6 Å². The van der Waals surface area contributed by atoms with Crippen LogP contribution in [0.4, 0.5) is 0 Å². The van der Waals surface area contributed by atoms with Gasteiger partial charge in [-0.05, 0) is 49.6 Å². The number of rotatable bonds is 6. The van der Waals surface area contributed by atoms with E-state index in [4.69, 9.17) is 9.47 Å². The highest BCUT2D eigenvalue weighted by Crippen LogP contribution is 2.25. The van der Waals surface area contributed by atoms with E-state index < -0.39 is 36.2 Å². The van der Waals surface area contributed by atoms with Crippen LogP contribution < -0.4 is 5.32 Å². The van der Waals surface area contributed by atoms with Gasteiger partial charge in [-0.15, -0.1) is 0 Å². The monoisotopic (exact) mass is 512 g/mol. The number of aliphatic hydroxyl groups excluding tert-OH is 1. The molecule has 1 aliphatic heterocycles. The van der Waals surface area contributed by atoms with Crippen LogP contribution in [-0.4, -0.2) is 59.7 Å². The minimum Gasteiger partial charge on any atom is -0.507 e. The van der Waals surface area contributed by atoms with Crippen molar-refractivity contribution in [1.29, 1.82) is 0 Å². The number of carbonyl (C=O) groups excluding carboxylic acids is 3. The van der Waals surface area contributed by atoms with Crippen molar-refractivity contribution in [2.45, 2.75) is 51.4 Å². The van der Waals surface area contributed by atoms with Crippen molar-refractivity contribution in [3.8, 4) is 5.75 Å². The zero-order chi connectivity index (χ0) is 27.2. The SMILES string of the molecule is CO/N=C\C=C\C(=O)N/C=C/CC1CC(=O)OC(C)/C=C/C(O)/C(C)=C\Cc2cccc(O)c2C(=O)O1. The first-order valence-corrected chi connectivity index (χ1v) is 11.6. The summed E-state index contributed by atoms with van der Waals surface area (Å²) in [4.78, 5) is 41.9. The maximum atomic E-state index is 13.1. The van der Waals surface area contributed by atoms with Gasteiger partial charge in [-0.1, -0.05) is 35.5 Å². The lowest BCUT2D eigenvalue weighted by Gasteiger charge is -2.18. The van der Waals surface area contributed by atoms with Gasteiger partial charge >= 0.3 is 11.9 Å². The van der Waals surface area contributed by atoms with Gasteiger partial charge in [-0.2, -0.15) is 0 Å². The maximum Gasteiger partial charge on any atom is 0.342 e. The highest BCUT2D eigenvalue weighted by molar-refractivity contribution is 5.94. The van der Waals surface area contributed by atoms with Crippen molar-refractivity contribution >= 4 is 24.1 Å². The molecule has 1 aromatic carbocycles. The Bertz CT molecular complexity index is 1100. The number of phenols is 1. The van der Waals surface area contributed by atoms with Crippen LogP contribution in [0.25, 0.3) is 0 Å². The van der Waals surface area contributed by atoms with Gasteiger partial charge in [0.25, 0.3) is 0 Å². The minimum atomic E-state index is -0.936. The van der Waals surface area contributed by atoms with E-state index in [9.17, 15) is 24.6 Å². The normalized spacial score (nSPS) is 23.9. The number of hydrogen-bond donors (Lipinski definition) is 3. The molecular weight excluding hydrogens is 480 g/mol. The van der Waals surface area contributed by atoms with Gasteiger partial charge in [0.15, 0.2) is 0 Å². The van der Waals surface area contributed by atoms with Crippen LogP contribution in [0.15, 0.2) is 71.6 Å². The van der Waals surface area contributed by atoms with Crippen LogP contribution in [0.5, 0.6) is 5.75 Å². The average Bonchev–Trinajstić information content (AvgIpc) is 2.85. The first kappa shape index (κ1) is 29.1. The second-order valence-electron chi connectivity index (χ2n) is 8.16. The van der Waals surface area contributed by atoms with Crippen molar-refractivity contribution in [2.75, 3.05) is 7.11 Å². The molecule has 0 saturated heterocycles. The van der Waals surface area contributed by atoms with Crippen LogP contribution in [-0.2, 0) is 30.3 Å². The Hall–Kier alpha value is -4.18. The summed E-state index contributed by atoms with van der Waals surface area (Å²) >= 11 is 0. The van der Waals surface area contributed by atoms with E-state index in [2.05, 4.69) is 15.3 Å². The lowest BCUT2D eigenvalue weighted by Crippen LogP contribution is -2.25. The molecule has 3 atom stereocenters. The summed E-state index contributed by atoms with van der Waals surface area (Å²) < 4.78 is 10.9. The molecule has 0 bridgehead atoms. The Morgan fingerprint density at radius 1 is 1.27 bits per heavy atom. The standard InChI is InChI=1S/C27H32N2O8/c1-18-11-13-20-7-4-9-23(31)26(20)27(34)37-21(17-25(33)36-19(2)12-14-22(18)30)8-5-15-28-24(32)10-6-16-29-35-3/h4-7,9-12,14-16,19,21-22,30-31H,8,13,17H2,1-3H3,(H,28,32)/b10-6+,14-12+,15-5+,18-11-,29-16-. The largest absolute Gasteiger partial charge is 0.507 e. The van der Waals surface area contributed by atoms with Crippen LogP contribution >= 0.6 is 0 Å². The van der Waals surface area contributed by atoms with Gasteiger partial charge in [-0.3, -0.25) is 9.59 Å². The van der Waals surface area contributed by atoms with Crippen LogP contribution in [0, 0.1) is 0 Å². The van der Waals surface area contributed by atoms with E-state index >= 15 is 0 Å². The highest BCUT2D eigenvalue weighted by atomic mass is 16.6. The molecule has 0 aromatic heterocycles. The van der Waals surface area contributed by atoms with Gasteiger partial charge in [-0.25, -0.2) is 4.79 Å². The minimum absolute atomic E-state index is 0.0293. The molecule has 1 heterocycles. The molecule has 10 heteroatoms. The van der Waals surface area contributed by atoms with Crippen LogP contribution in [0.3, 0.4) is 0 Å². The fourth-order valence-electron chi connectivity index (χ4n) is 3.30. The number of oxime groups is 1. The lowest BCUT2D eigenvalue weighted by molar-refractivity contribution is -0.148. The van der Waals surface area contributed by atoms with Gasteiger partial charge in [0, 0.05) is 18.7 Å². The Morgan fingerprint density at radius 3 is 2.81 bits per heavy atom. The van der Waals surface area contributed by atoms with E-state index in [0.717, 1.165) is 0 Å². The summed E-state index contributed by atoms with van der Waals surface area (Å²) in [6, 6.07) is 4.65. The quantitative estimate of drug-likeness (QED) is 0.174. The number of allylic oxidation sites excluding steroid dienone is 2. The molecule has 2 rings (SSSR count). The summed E-state index contributed by atoms with van der Waals surface area (Å²) in [6.45, 7) is 3.38. The predicted octanol–water partition coefficient (Wildman–Crippen LogP) is 2.87. The molecule has 3 N–H and O–H groups in total. The van der Waals surface area contributed by atoms with E-state index in [1.807, 2.05) is 0 Å². The van der Waals surface area contributed by atoms with E-state index in [0.29, 0.717) is 11.1 Å². The molecule has 1 aromatic rings. The highest BCUT2D eigenvalue weighted by Gasteiger charge is 2.24. The number of benzene rings is 1. The van der Waals surface area contributed by atoms with Gasteiger partial charge < -0.3 is 29.8 Å². The number of hydrogen-bond acceptors (Lipinski definition) is 9. The van der Waals surface area contributed by atoms with Crippen molar-refractivity contribution in [3.05, 3.63) is 77.6 Å². The lowest BCUT2D eigenvalue weighted by atomic mass is 10.0. The predicted molar refractivity (Wildman–Crippen MR) is 137 cm³/mol. The molecule has 0 fully saturated rings. The fraction of sp³-hybridized carbons (Fsp3) is 0.333. The molecular formula is C27H32N2O8. The van der Waals surface area contributed by atoms with Crippen molar-refractivity contribution < 1.29 is 38.9 Å². The number of amides is 1. The Kier molecular flexibility index (Phi) is 11.8. The fourth-order valence-corrected chi connectivity index (χ4v) is 3.30. The molecule has 3 unspecified atom stereocenters. The van der Waals surface area contributed by atoms with Gasteiger partial charge in [0.2, 0.25) is 5.91 Å². The molecule has 0 aliphatic carbocycles. The summed E-state index contributed by atoms with van der Waals surface area (Å²) in [5.41, 5.74) is 1.09. The topological polar surface area (TPSA) is 144 Å². The number of nitrogens with zero attached hydrogens (tertiary/aromatic N) is 1. The molecule has 1 aliphatic rings. The van der Waals surface area contributed by atoms with Gasteiger partial charge in [0.1, 0.15) is 30.6 Å².